The number of fused-ring (bicyclic) bond motifs is 1. The number of benzene rings is 1. The van der Waals surface area contributed by atoms with E-state index in [-0.39, 0.29) is 24.8 Å². The van der Waals surface area contributed by atoms with E-state index in [2.05, 4.69) is 10.3 Å². The summed E-state index contributed by atoms with van der Waals surface area (Å²) in [6.45, 7) is 3.67. The Kier molecular flexibility index (Phi) is 5.53. The molecule has 0 spiro atoms. The lowest BCUT2D eigenvalue weighted by atomic mass is 9.97. The topological polar surface area (TPSA) is 84.7 Å². The minimum Gasteiger partial charge on any atom is -0.450 e. The van der Waals surface area contributed by atoms with Crippen molar-refractivity contribution < 1.29 is 18.7 Å². The summed E-state index contributed by atoms with van der Waals surface area (Å²) >= 11 is 0. The van der Waals surface area contributed by atoms with Crippen molar-refractivity contribution in [2.75, 3.05) is 26.2 Å². The number of alkyl carbamates (subject to hydrolysis) is 1. The van der Waals surface area contributed by atoms with E-state index in [0.29, 0.717) is 19.0 Å². The number of rotatable bonds is 5. The number of nitrogens with one attached hydrogen (secondary N) is 1. The largest absolute Gasteiger partial charge is 0.450 e. The number of ether oxygens (including phenoxy) is 1. The van der Waals surface area contributed by atoms with Gasteiger partial charge in [-0.3, -0.25) is 4.79 Å². The van der Waals surface area contributed by atoms with Crippen LogP contribution in [0.15, 0.2) is 28.7 Å². The zero-order valence-electron chi connectivity index (χ0n) is 14.4. The van der Waals surface area contributed by atoms with Gasteiger partial charge in [0.25, 0.3) is 0 Å². The van der Waals surface area contributed by atoms with Gasteiger partial charge >= 0.3 is 6.09 Å². The smallest absolute Gasteiger partial charge is 0.407 e. The Balaban J connectivity index is 1.55. The van der Waals surface area contributed by atoms with E-state index in [0.717, 1.165) is 30.5 Å². The number of nitrogens with zero attached hydrogens (tertiary/aromatic N) is 2. The van der Waals surface area contributed by atoms with Crippen LogP contribution in [-0.4, -0.2) is 48.1 Å². The van der Waals surface area contributed by atoms with Crippen molar-refractivity contribution >= 4 is 23.1 Å². The van der Waals surface area contributed by atoms with E-state index >= 15 is 0 Å². The number of para-hydroxylation sites is 2. The van der Waals surface area contributed by atoms with Gasteiger partial charge < -0.3 is 19.4 Å². The average molecular weight is 345 g/mol. The highest BCUT2D eigenvalue weighted by Gasteiger charge is 2.27. The van der Waals surface area contributed by atoms with E-state index in [1.807, 2.05) is 29.2 Å². The fraction of sp³-hybridized carbons (Fsp3) is 0.500. The van der Waals surface area contributed by atoms with Crippen LogP contribution in [-0.2, 0) is 9.53 Å². The van der Waals surface area contributed by atoms with Gasteiger partial charge in [0.1, 0.15) is 5.52 Å². The first-order chi connectivity index (χ1) is 12.2. The third-order valence-electron chi connectivity index (χ3n) is 4.32. The summed E-state index contributed by atoms with van der Waals surface area (Å²) in [6.07, 6.45) is 1.65. The summed E-state index contributed by atoms with van der Waals surface area (Å²) < 4.78 is 10.6. The van der Waals surface area contributed by atoms with E-state index in [4.69, 9.17) is 9.15 Å². The number of carbonyl (C=O) groups is 2. The van der Waals surface area contributed by atoms with Gasteiger partial charge in [0.2, 0.25) is 5.91 Å². The second-order valence-electron chi connectivity index (χ2n) is 6.10. The monoisotopic (exact) mass is 345 g/mol. The van der Waals surface area contributed by atoms with Crippen LogP contribution >= 0.6 is 0 Å². The molecule has 0 bridgehead atoms. The minimum absolute atomic E-state index is 0.0256. The van der Waals surface area contributed by atoms with Gasteiger partial charge in [0.15, 0.2) is 11.5 Å². The normalized spacial score (nSPS) is 17.5. The lowest BCUT2D eigenvalue weighted by Crippen LogP contribution is -2.40. The Labute approximate surface area is 146 Å². The molecule has 0 aliphatic carbocycles. The molecule has 1 aromatic carbocycles. The maximum absolute atomic E-state index is 12.4. The van der Waals surface area contributed by atoms with E-state index < -0.39 is 6.09 Å². The van der Waals surface area contributed by atoms with Crippen molar-refractivity contribution in [2.24, 2.45) is 0 Å². The molecule has 0 saturated carbocycles. The van der Waals surface area contributed by atoms with Crippen molar-refractivity contribution in [1.29, 1.82) is 0 Å². The molecule has 1 aromatic heterocycles. The van der Waals surface area contributed by atoms with Crippen LogP contribution in [0.5, 0.6) is 0 Å². The summed E-state index contributed by atoms with van der Waals surface area (Å²) in [5, 5.41) is 2.57. The van der Waals surface area contributed by atoms with E-state index in [9.17, 15) is 9.59 Å². The first-order valence-corrected chi connectivity index (χ1v) is 8.71. The highest BCUT2D eigenvalue weighted by molar-refractivity contribution is 5.77. The quantitative estimate of drug-likeness (QED) is 0.900. The lowest BCUT2D eigenvalue weighted by Gasteiger charge is -2.31. The Morgan fingerprint density at radius 3 is 3.04 bits per heavy atom. The van der Waals surface area contributed by atoms with Crippen LogP contribution in [0.1, 0.15) is 38.0 Å². The van der Waals surface area contributed by atoms with Gasteiger partial charge in [-0.15, -0.1) is 0 Å². The number of aromatic nitrogens is 1. The molecule has 1 atom stereocenters. The number of piperidine rings is 1. The molecule has 2 heterocycles. The first-order valence-electron chi connectivity index (χ1n) is 8.71. The van der Waals surface area contributed by atoms with Crippen molar-refractivity contribution in [3.8, 4) is 0 Å². The first kappa shape index (κ1) is 17.3. The zero-order valence-corrected chi connectivity index (χ0v) is 14.4. The molecule has 1 saturated heterocycles. The molecule has 134 valence electrons. The van der Waals surface area contributed by atoms with Crippen LogP contribution in [0, 0.1) is 0 Å². The van der Waals surface area contributed by atoms with Crippen LogP contribution in [0.25, 0.3) is 11.1 Å². The second-order valence-corrected chi connectivity index (χ2v) is 6.10. The van der Waals surface area contributed by atoms with Gasteiger partial charge in [-0.25, -0.2) is 9.78 Å². The number of likely N-dealkylation sites (tertiary alicyclic amines) is 1. The van der Waals surface area contributed by atoms with Gasteiger partial charge in [0.05, 0.1) is 12.5 Å². The molecule has 0 radical (unpaired) electrons. The maximum Gasteiger partial charge on any atom is 0.407 e. The van der Waals surface area contributed by atoms with Crippen molar-refractivity contribution in [1.82, 2.24) is 15.2 Å². The number of hydrogen-bond acceptors (Lipinski definition) is 5. The second kappa shape index (κ2) is 8.00. The van der Waals surface area contributed by atoms with Crippen LogP contribution in [0.2, 0.25) is 0 Å². The van der Waals surface area contributed by atoms with Gasteiger partial charge in [-0.2, -0.15) is 0 Å². The molecule has 1 aliphatic heterocycles. The maximum atomic E-state index is 12.4. The van der Waals surface area contributed by atoms with E-state index in [1.165, 1.54) is 0 Å². The van der Waals surface area contributed by atoms with Gasteiger partial charge in [0, 0.05) is 26.1 Å². The van der Waals surface area contributed by atoms with Crippen LogP contribution in [0.3, 0.4) is 0 Å². The molecule has 1 fully saturated rings. The third-order valence-corrected chi connectivity index (χ3v) is 4.32. The number of carbonyl (C=O) groups excluding carboxylic acids is 2. The van der Waals surface area contributed by atoms with Crippen molar-refractivity contribution in [3.63, 3.8) is 0 Å². The van der Waals surface area contributed by atoms with Crippen LogP contribution < -0.4 is 5.32 Å². The summed E-state index contributed by atoms with van der Waals surface area (Å²) in [5.41, 5.74) is 1.62. The third kappa shape index (κ3) is 4.29. The average Bonchev–Trinajstić information content (AvgIpc) is 3.06. The molecular weight excluding hydrogens is 322 g/mol. The predicted molar refractivity (Wildman–Crippen MR) is 92.2 cm³/mol. The van der Waals surface area contributed by atoms with Gasteiger partial charge in [-0.1, -0.05) is 12.1 Å². The van der Waals surface area contributed by atoms with Crippen molar-refractivity contribution in [2.45, 2.75) is 32.1 Å². The van der Waals surface area contributed by atoms with Gasteiger partial charge in [-0.05, 0) is 31.9 Å². The Morgan fingerprint density at radius 2 is 2.24 bits per heavy atom. The number of amides is 2. The Hall–Kier alpha value is -2.57. The molecule has 25 heavy (non-hydrogen) atoms. The Bertz CT molecular complexity index is 710. The minimum atomic E-state index is -0.488. The highest BCUT2D eigenvalue weighted by Crippen LogP contribution is 2.29. The molecule has 3 rings (SSSR count). The molecule has 1 unspecified atom stereocenters. The molecular formula is C18H23N3O4. The molecule has 7 heteroatoms. The molecule has 1 N–H and O–H groups in total. The van der Waals surface area contributed by atoms with Crippen LogP contribution in [0.4, 0.5) is 4.79 Å². The molecule has 1 aliphatic rings. The van der Waals surface area contributed by atoms with E-state index in [1.54, 1.807) is 6.92 Å². The summed E-state index contributed by atoms with van der Waals surface area (Å²) in [5.74, 6) is 0.837. The molecule has 7 nitrogen and oxygen atoms in total. The molecule has 2 amide bonds. The summed E-state index contributed by atoms with van der Waals surface area (Å²) in [4.78, 5) is 30.0. The SMILES string of the molecule is CCOC(=O)NCCC(=O)N1CCCC(c2nc3ccccc3o2)C1. The zero-order chi connectivity index (χ0) is 17.6. The standard InChI is InChI=1S/C18H23N3O4/c1-2-24-18(23)19-10-9-16(22)21-11-5-6-13(12-21)17-20-14-7-3-4-8-15(14)25-17/h3-4,7-8,13H,2,5-6,9-12H2,1H3,(H,19,23). The summed E-state index contributed by atoms with van der Waals surface area (Å²) in [7, 11) is 0. The number of oxazole rings is 1. The summed E-state index contributed by atoms with van der Waals surface area (Å²) in [6, 6.07) is 7.68. The predicted octanol–water partition coefficient (Wildman–Crippen LogP) is 2.67. The van der Waals surface area contributed by atoms with Crippen molar-refractivity contribution in [3.05, 3.63) is 30.2 Å². The molecule has 2 aromatic rings. The fourth-order valence-electron chi connectivity index (χ4n) is 3.08. The number of hydrogen-bond donors (Lipinski definition) is 1. The Morgan fingerprint density at radius 1 is 1.40 bits per heavy atom. The highest BCUT2D eigenvalue weighted by atomic mass is 16.5. The fourth-order valence-corrected chi connectivity index (χ4v) is 3.08. The lowest BCUT2D eigenvalue weighted by molar-refractivity contribution is -0.132.